The van der Waals surface area contributed by atoms with Gasteiger partial charge in [-0.1, -0.05) is 23.4 Å². The average Bonchev–Trinajstić information content (AvgIpc) is 3.09. The van der Waals surface area contributed by atoms with Crippen molar-refractivity contribution in [3.05, 3.63) is 47.9 Å². The van der Waals surface area contributed by atoms with Crippen molar-refractivity contribution in [2.75, 3.05) is 44.6 Å². The Labute approximate surface area is 152 Å². The van der Waals surface area contributed by atoms with Crippen molar-refractivity contribution in [1.29, 1.82) is 0 Å². The number of benzene rings is 1. The standard InChI is InChI=1S/C18H23N5O3/c1-14-13-16(21-26-14)17(24)23-11-9-22(10-12-23)8-7-19-18(25)20-15-5-3-2-4-6-15/h2-6,13H,7-12H2,1H3,(H2,19,20,25). The molecule has 0 spiro atoms. The molecule has 3 rings (SSSR count). The van der Waals surface area contributed by atoms with Crippen LogP contribution < -0.4 is 10.6 Å². The molecule has 2 aromatic rings. The van der Waals surface area contributed by atoms with Gasteiger partial charge in [0.05, 0.1) is 0 Å². The zero-order chi connectivity index (χ0) is 18.4. The van der Waals surface area contributed by atoms with Crippen LogP contribution in [0.15, 0.2) is 40.9 Å². The van der Waals surface area contributed by atoms with Gasteiger partial charge in [0.2, 0.25) is 0 Å². The van der Waals surface area contributed by atoms with Crippen molar-refractivity contribution in [3.8, 4) is 0 Å². The second kappa shape index (κ2) is 8.48. The van der Waals surface area contributed by atoms with E-state index >= 15 is 0 Å². The van der Waals surface area contributed by atoms with Crippen LogP contribution in [0, 0.1) is 6.92 Å². The molecule has 0 saturated carbocycles. The lowest BCUT2D eigenvalue weighted by Gasteiger charge is -2.34. The summed E-state index contributed by atoms with van der Waals surface area (Å²) < 4.78 is 4.96. The molecule has 0 bridgehead atoms. The smallest absolute Gasteiger partial charge is 0.319 e. The van der Waals surface area contributed by atoms with Gasteiger partial charge in [-0.2, -0.15) is 0 Å². The molecule has 0 radical (unpaired) electrons. The molecule has 26 heavy (non-hydrogen) atoms. The van der Waals surface area contributed by atoms with Gasteiger partial charge in [-0.15, -0.1) is 0 Å². The number of piperazine rings is 1. The van der Waals surface area contributed by atoms with Crippen molar-refractivity contribution < 1.29 is 14.1 Å². The number of aryl methyl sites for hydroxylation is 1. The first-order valence-corrected chi connectivity index (χ1v) is 8.66. The van der Waals surface area contributed by atoms with Gasteiger partial charge in [-0.25, -0.2) is 4.79 Å². The Kier molecular flexibility index (Phi) is 5.85. The zero-order valence-electron chi connectivity index (χ0n) is 14.8. The van der Waals surface area contributed by atoms with Crippen molar-refractivity contribution in [1.82, 2.24) is 20.3 Å². The van der Waals surface area contributed by atoms with Gasteiger partial charge < -0.3 is 20.1 Å². The van der Waals surface area contributed by atoms with Gasteiger partial charge in [0.1, 0.15) is 5.76 Å². The Morgan fingerprint density at radius 1 is 1.15 bits per heavy atom. The van der Waals surface area contributed by atoms with Crippen LogP contribution >= 0.6 is 0 Å². The third-order valence-electron chi connectivity index (χ3n) is 4.25. The Hall–Kier alpha value is -2.87. The first-order valence-electron chi connectivity index (χ1n) is 8.66. The van der Waals surface area contributed by atoms with E-state index in [-0.39, 0.29) is 11.9 Å². The number of nitrogens with zero attached hydrogens (tertiary/aromatic N) is 3. The van der Waals surface area contributed by atoms with Crippen LogP contribution in [0.1, 0.15) is 16.2 Å². The van der Waals surface area contributed by atoms with Crippen LogP contribution in [0.25, 0.3) is 0 Å². The maximum absolute atomic E-state index is 12.3. The monoisotopic (exact) mass is 357 g/mol. The molecular weight excluding hydrogens is 334 g/mol. The lowest BCUT2D eigenvalue weighted by Crippen LogP contribution is -2.50. The lowest BCUT2D eigenvalue weighted by molar-refractivity contribution is 0.0629. The van der Waals surface area contributed by atoms with E-state index in [1.54, 1.807) is 17.9 Å². The molecule has 2 heterocycles. The van der Waals surface area contributed by atoms with E-state index < -0.39 is 0 Å². The highest BCUT2D eigenvalue weighted by Crippen LogP contribution is 2.09. The maximum Gasteiger partial charge on any atom is 0.319 e. The Balaban J connectivity index is 1.35. The summed E-state index contributed by atoms with van der Waals surface area (Å²) >= 11 is 0. The first kappa shape index (κ1) is 17.9. The number of hydrogen-bond donors (Lipinski definition) is 2. The minimum absolute atomic E-state index is 0.0955. The summed E-state index contributed by atoms with van der Waals surface area (Å²) in [6.45, 7) is 5.88. The van der Waals surface area contributed by atoms with Crippen molar-refractivity contribution in [3.63, 3.8) is 0 Å². The summed E-state index contributed by atoms with van der Waals surface area (Å²) in [5, 5.41) is 9.41. The molecule has 8 heteroatoms. The molecular formula is C18H23N5O3. The SMILES string of the molecule is Cc1cc(C(=O)N2CCN(CCNC(=O)Nc3ccccc3)CC2)no1. The quantitative estimate of drug-likeness (QED) is 0.847. The zero-order valence-corrected chi connectivity index (χ0v) is 14.8. The van der Waals surface area contributed by atoms with Crippen molar-refractivity contribution >= 4 is 17.6 Å². The van der Waals surface area contributed by atoms with E-state index in [2.05, 4.69) is 20.7 Å². The van der Waals surface area contributed by atoms with Crippen LogP contribution in [0.4, 0.5) is 10.5 Å². The summed E-state index contributed by atoms with van der Waals surface area (Å²) in [6.07, 6.45) is 0. The highest BCUT2D eigenvalue weighted by Gasteiger charge is 2.24. The number of amides is 3. The maximum atomic E-state index is 12.3. The van der Waals surface area contributed by atoms with Gasteiger partial charge in [0.15, 0.2) is 5.69 Å². The van der Waals surface area contributed by atoms with E-state index in [4.69, 9.17) is 4.52 Å². The molecule has 1 aliphatic heterocycles. The summed E-state index contributed by atoms with van der Waals surface area (Å²) in [7, 11) is 0. The fourth-order valence-electron chi connectivity index (χ4n) is 2.83. The molecule has 8 nitrogen and oxygen atoms in total. The third kappa shape index (κ3) is 4.82. The minimum atomic E-state index is -0.216. The molecule has 0 aliphatic carbocycles. The number of urea groups is 1. The van der Waals surface area contributed by atoms with Gasteiger partial charge in [0.25, 0.3) is 5.91 Å². The molecule has 0 unspecified atom stereocenters. The number of para-hydroxylation sites is 1. The number of anilines is 1. The summed E-state index contributed by atoms with van der Waals surface area (Å²) in [4.78, 5) is 28.2. The molecule has 3 amide bonds. The van der Waals surface area contributed by atoms with Crippen LogP contribution in [0.2, 0.25) is 0 Å². The largest absolute Gasteiger partial charge is 0.361 e. The highest BCUT2D eigenvalue weighted by atomic mass is 16.5. The minimum Gasteiger partial charge on any atom is -0.361 e. The van der Waals surface area contributed by atoms with Crippen molar-refractivity contribution in [2.24, 2.45) is 0 Å². The Morgan fingerprint density at radius 3 is 2.54 bits per heavy atom. The second-order valence-electron chi connectivity index (χ2n) is 6.20. The molecule has 2 N–H and O–H groups in total. The van der Waals surface area contributed by atoms with E-state index in [1.165, 1.54) is 0 Å². The normalized spacial score (nSPS) is 14.9. The molecule has 1 fully saturated rings. The van der Waals surface area contributed by atoms with Crippen LogP contribution in [0.5, 0.6) is 0 Å². The molecule has 1 aliphatic rings. The van der Waals surface area contributed by atoms with E-state index in [1.807, 2.05) is 30.3 Å². The van der Waals surface area contributed by atoms with Crippen molar-refractivity contribution in [2.45, 2.75) is 6.92 Å². The fraction of sp³-hybridized carbons (Fsp3) is 0.389. The number of hydrogen-bond acceptors (Lipinski definition) is 5. The number of carbonyl (C=O) groups excluding carboxylic acids is 2. The molecule has 138 valence electrons. The topological polar surface area (TPSA) is 90.7 Å². The van der Waals surface area contributed by atoms with E-state index in [0.717, 1.165) is 25.3 Å². The second-order valence-corrected chi connectivity index (χ2v) is 6.20. The lowest BCUT2D eigenvalue weighted by atomic mass is 10.2. The highest BCUT2D eigenvalue weighted by molar-refractivity contribution is 5.92. The van der Waals surface area contributed by atoms with Gasteiger partial charge in [-0.05, 0) is 19.1 Å². The van der Waals surface area contributed by atoms with E-state index in [9.17, 15) is 9.59 Å². The molecule has 1 saturated heterocycles. The molecule has 0 atom stereocenters. The molecule has 1 aromatic carbocycles. The summed E-state index contributed by atoms with van der Waals surface area (Å²) in [5.74, 6) is 0.536. The van der Waals surface area contributed by atoms with Gasteiger partial charge in [-0.3, -0.25) is 9.69 Å². The predicted octanol–water partition coefficient (Wildman–Crippen LogP) is 1.56. The van der Waals surface area contributed by atoms with Crippen LogP contribution in [-0.2, 0) is 0 Å². The van der Waals surface area contributed by atoms with Crippen LogP contribution in [-0.4, -0.2) is 66.2 Å². The number of nitrogens with one attached hydrogen (secondary N) is 2. The summed E-state index contributed by atoms with van der Waals surface area (Å²) in [5.41, 5.74) is 1.12. The molecule has 1 aromatic heterocycles. The van der Waals surface area contributed by atoms with Crippen LogP contribution in [0.3, 0.4) is 0 Å². The number of carbonyl (C=O) groups is 2. The Bertz CT molecular complexity index is 738. The Morgan fingerprint density at radius 2 is 1.88 bits per heavy atom. The first-order chi connectivity index (χ1) is 12.6. The third-order valence-corrected chi connectivity index (χ3v) is 4.25. The fourth-order valence-corrected chi connectivity index (χ4v) is 2.83. The van der Waals surface area contributed by atoms with Gasteiger partial charge in [0, 0.05) is 51.0 Å². The number of aromatic nitrogens is 1. The predicted molar refractivity (Wildman–Crippen MR) is 97.0 cm³/mol. The summed E-state index contributed by atoms with van der Waals surface area (Å²) in [6, 6.07) is 10.8. The van der Waals surface area contributed by atoms with E-state index in [0.29, 0.717) is 31.1 Å². The average molecular weight is 357 g/mol. The number of rotatable bonds is 5. The van der Waals surface area contributed by atoms with Gasteiger partial charge >= 0.3 is 6.03 Å².